The molecular formula is C13H8Cl2N2O4. The van der Waals surface area contributed by atoms with Gasteiger partial charge in [-0.1, -0.05) is 29.3 Å². The van der Waals surface area contributed by atoms with Crippen molar-refractivity contribution in [1.29, 1.82) is 0 Å². The van der Waals surface area contributed by atoms with E-state index < -0.39 is 10.8 Å². The molecule has 0 fully saturated rings. The van der Waals surface area contributed by atoms with Crippen LogP contribution >= 0.6 is 23.2 Å². The minimum Gasteiger partial charge on any atom is -0.506 e. The number of aromatic hydroxyl groups is 1. The highest BCUT2D eigenvalue weighted by Crippen LogP contribution is 2.30. The molecule has 0 radical (unpaired) electrons. The number of carbonyl (C=O) groups excluding carboxylic acids is 1. The summed E-state index contributed by atoms with van der Waals surface area (Å²) in [7, 11) is 0. The van der Waals surface area contributed by atoms with Crippen LogP contribution < -0.4 is 5.32 Å². The molecule has 108 valence electrons. The smallest absolute Gasteiger partial charge is 0.271 e. The number of benzene rings is 2. The molecule has 0 saturated heterocycles. The molecule has 2 aromatic rings. The zero-order valence-electron chi connectivity index (χ0n) is 10.3. The van der Waals surface area contributed by atoms with Crippen molar-refractivity contribution in [2.24, 2.45) is 0 Å². The van der Waals surface area contributed by atoms with Crippen LogP contribution in [0.5, 0.6) is 5.75 Å². The number of hydrogen-bond donors (Lipinski definition) is 2. The maximum absolute atomic E-state index is 12.0. The van der Waals surface area contributed by atoms with E-state index in [-0.39, 0.29) is 32.7 Å². The summed E-state index contributed by atoms with van der Waals surface area (Å²) in [4.78, 5) is 22.0. The van der Waals surface area contributed by atoms with E-state index in [2.05, 4.69) is 5.32 Å². The highest BCUT2D eigenvalue weighted by molar-refractivity contribution is 6.34. The van der Waals surface area contributed by atoms with E-state index in [1.807, 2.05) is 0 Å². The number of non-ortho nitro benzene ring substituents is 1. The van der Waals surface area contributed by atoms with Gasteiger partial charge >= 0.3 is 0 Å². The van der Waals surface area contributed by atoms with Crippen LogP contribution in [-0.4, -0.2) is 15.9 Å². The molecule has 21 heavy (non-hydrogen) atoms. The number of hydrogen-bond acceptors (Lipinski definition) is 4. The fourth-order valence-corrected chi connectivity index (χ4v) is 2.00. The van der Waals surface area contributed by atoms with Gasteiger partial charge in [-0.25, -0.2) is 0 Å². The molecule has 0 aliphatic heterocycles. The third-order valence-electron chi connectivity index (χ3n) is 2.64. The van der Waals surface area contributed by atoms with Crippen LogP contribution in [0.25, 0.3) is 0 Å². The Morgan fingerprint density at radius 3 is 2.52 bits per heavy atom. The van der Waals surface area contributed by atoms with E-state index in [0.717, 1.165) is 6.07 Å². The second kappa shape index (κ2) is 5.99. The lowest BCUT2D eigenvalue weighted by molar-refractivity contribution is -0.384. The zero-order chi connectivity index (χ0) is 15.6. The van der Waals surface area contributed by atoms with Crippen molar-refractivity contribution < 1.29 is 14.8 Å². The van der Waals surface area contributed by atoms with Crippen LogP contribution in [-0.2, 0) is 0 Å². The number of para-hydroxylation sites is 1. The molecule has 2 aromatic carbocycles. The van der Waals surface area contributed by atoms with Gasteiger partial charge in [0.2, 0.25) is 0 Å². The lowest BCUT2D eigenvalue weighted by Gasteiger charge is -2.09. The van der Waals surface area contributed by atoms with Gasteiger partial charge in [0.25, 0.3) is 11.6 Å². The maximum Gasteiger partial charge on any atom is 0.271 e. The van der Waals surface area contributed by atoms with E-state index in [1.165, 1.54) is 30.3 Å². The molecule has 0 aromatic heterocycles. The minimum atomic E-state index is -0.634. The Hall–Kier alpha value is -2.31. The van der Waals surface area contributed by atoms with Gasteiger partial charge in [-0.3, -0.25) is 14.9 Å². The summed E-state index contributed by atoms with van der Waals surface area (Å²) < 4.78 is 0. The maximum atomic E-state index is 12.0. The molecule has 1 amide bonds. The Balaban J connectivity index is 2.28. The van der Waals surface area contributed by atoms with Gasteiger partial charge in [0.15, 0.2) is 0 Å². The molecule has 2 N–H and O–H groups in total. The Morgan fingerprint density at radius 2 is 1.90 bits per heavy atom. The van der Waals surface area contributed by atoms with Gasteiger partial charge < -0.3 is 10.4 Å². The predicted molar refractivity (Wildman–Crippen MR) is 79.2 cm³/mol. The Labute approximate surface area is 129 Å². The van der Waals surface area contributed by atoms with E-state index in [9.17, 15) is 20.0 Å². The number of phenolic OH excluding ortho intramolecular Hbond substituents is 1. The van der Waals surface area contributed by atoms with Crippen LogP contribution in [0.4, 0.5) is 11.4 Å². The Bertz CT molecular complexity index is 734. The molecule has 0 atom stereocenters. The van der Waals surface area contributed by atoms with E-state index in [0.29, 0.717) is 0 Å². The SMILES string of the molecule is O=C(Nc1ccc([N+](=O)[O-])cc1Cl)c1cccc(Cl)c1O. The van der Waals surface area contributed by atoms with E-state index in [4.69, 9.17) is 23.2 Å². The molecule has 0 unspecified atom stereocenters. The van der Waals surface area contributed by atoms with E-state index >= 15 is 0 Å². The van der Waals surface area contributed by atoms with Crippen molar-refractivity contribution >= 4 is 40.5 Å². The highest BCUT2D eigenvalue weighted by Gasteiger charge is 2.16. The Morgan fingerprint density at radius 1 is 1.19 bits per heavy atom. The molecule has 2 rings (SSSR count). The standard InChI is InChI=1S/C13H8Cl2N2O4/c14-9-3-1-2-8(12(9)18)13(19)16-11-5-4-7(17(20)21)6-10(11)15/h1-6,18H,(H,16,19). The van der Waals surface area contributed by atoms with Gasteiger partial charge in [-0.15, -0.1) is 0 Å². The van der Waals surface area contributed by atoms with Crippen LogP contribution in [0.3, 0.4) is 0 Å². The second-order valence-corrected chi connectivity index (χ2v) is 4.83. The molecule has 0 bridgehead atoms. The first-order chi connectivity index (χ1) is 9.90. The summed E-state index contributed by atoms with van der Waals surface area (Å²) in [6.45, 7) is 0. The summed E-state index contributed by atoms with van der Waals surface area (Å²) in [6, 6.07) is 7.96. The topological polar surface area (TPSA) is 92.5 Å². The minimum absolute atomic E-state index is 0.0130. The molecule has 0 spiro atoms. The molecule has 6 nitrogen and oxygen atoms in total. The largest absolute Gasteiger partial charge is 0.506 e. The lowest BCUT2D eigenvalue weighted by Crippen LogP contribution is -2.12. The van der Waals surface area contributed by atoms with Crippen LogP contribution in [0.1, 0.15) is 10.4 Å². The van der Waals surface area contributed by atoms with Crippen molar-refractivity contribution in [3.05, 3.63) is 62.1 Å². The van der Waals surface area contributed by atoms with Crippen LogP contribution in [0.2, 0.25) is 10.0 Å². The number of nitrogens with zero attached hydrogens (tertiary/aromatic N) is 1. The first-order valence-corrected chi connectivity index (χ1v) is 6.38. The van der Waals surface area contributed by atoms with Gasteiger partial charge in [0, 0.05) is 12.1 Å². The molecule has 8 heteroatoms. The summed E-state index contributed by atoms with van der Waals surface area (Å²) >= 11 is 11.6. The number of nitrogens with one attached hydrogen (secondary N) is 1. The molecule has 0 aliphatic carbocycles. The third kappa shape index (κ3) is 3.24. The van der Waals surface area contributed by atoms with Gasteiger partial charge in [0.05, 0.1) is 26.2 Å². The van der Waals surface area contributed by atoms with Crippen molar-refractivity contribution in [2.45, 2.75) is 0 Å². The number of carbonyl (C=O) groups is 1. The van der Waals surface area contributed by atoms with E-state index in [1.54, 1.807) is 0 Å². The number of nitro benzene ring substituents is 1. The molecule has 0 heterocycles. The quantitative estimate of drug-likeness (QED) is 0.661. The van der Waals surface area contributed by atoms with Crippen LogP contribution in [0.15, 0.2) is 36.4 Å². The molecule has 0 aliphatic rings. The Kier molecular flexibility index (Phi) is 4.30. The number of halogens is 2. The highest BCUT2D eigenvalue weighted by atomic mass is 35.5. The first-order valence-electron chi connectivity index (χ1n) is 5.63. The van der Waals surface area contributed by atoms with Gasteiger partial charge in [-0.2, -0.15) is 0 Å². The summed E-state index contributed by atoms with van der Waals surface area (Å²) in [6.07, 6.45) is 0. The summed E-state index contributed by atoms with van der Waals surface area (Å²) in [5.74, 6) is -0.986. The second-order valence-electron chi connectivity index (χ2n) is 4.01. The average Bonchev–Trinajstić information content (AvgIpc) is 2.43. The molecule has 0 saturated carbocycles. The predicted octanol–water partition coefficient (Wildman–Crippen LogP) is 3.86. The molecular weight excluding hydrogens is 319 g/mol. The summed E-state index contributed by atoms with van der Waals surface area (Å²) in [5.41, 5.74) is -0.0350. The van der Waals surface area contributed by atoms with Crippen molar-refractivity contribution in [3.63, 3.8) is 0 Å². The van der Waals surface area contributed by atoms with Gasteiger partial charge in [0.1, 0.15) is 5.75 Å². The van der Waals surface area contributed by atoms with Crippen LogP contribution in [0, 0.1) is 10.1 Å². The summed E-state index contributed by atoms with van der Waals surface area (Å²) in [5, 5.41) is 22.8. The first kappa shape index (κ1) is 15.1. The normalized spacial score (nSPS) is 10.2. The third-order valence-corrected chi connectivity index (χ3v) is 3.26. The average molecular weight is 327 g/mol. The number of phenols is 1. The van der Waals surface area contributed by atoms with Crippen molar-refractivity contribution in [2.75, 3.05) is 5.32 Å². The fraction of sp³-hybridized carbons (Fsp3) is 0. The monoisotopic (exact) mass is 326 g/mol. The number of nitro groups is 1. The number of rotatable bonds is 3. The number of amides is 1. The van der Waals surface area contributed by atoms with Crippen molar-refractivity contribution in [1.82, 2.24) is 0 Å². The van der Waals surface area contributed by atoms with Crippen molar-refractivity contribution in [3.8, 4) is 5.75 Å². The van der Waals surface area contributed by atoms with Gasteiger partial charge in [-0.05, 0) is 18.2 Å². The lowest BCUT2D eigenvalue weighted by atomic mass is 10.2. The number of anilines is 1. The fourth-order valence-electron chi connectivity index (χ4n) is 1.61. The zero-order valence-corrected chi connectivity index (χ0v) is 11.9.